The second kappa shape index (κ2) is 3.81. The standard InChI is InChI=1S/C11H16N2O4S/c1-11(2)7(4-5-18(11,16)17)8-6-9(10(14)15)13(3)12-8/h6-7H,4-5H2,1-3H3,(H,14,15). The summed E-state index contributed by atoms with van der Waals surface area (Å²) in [5.74, 6) is -1.18. The highest BCUT2D eigenvalue weighted by Gasteiger charge is 2.49. The van der Waals surface area contributed by atoms with Crippen LogP contribution in [0.4, 0.5) is 0 Å². The molecule has 1 aromatic rings. The summed E-state index contributed by atoms with van der Waals surface area (Å²) in [4.78, 5) is 11.0. The van der Waals surface area contributed by atoms with Gasteiger partial charge in [-0.1, -0.05) is 0 Å². The van der Waals surface area contributed by atoms with Crippen LogP contribution >= 0.6 is 0 Å². The second-order valence-electron chi connectivity index (χ2n) is 5.15. The van der Waals surface area contributed by atoms with Gasteiger partial charge in [0.1, 0.15) is 5.69 Å². The second-order valence-corrected chi connectivity index (χ2v) is 7.84. The van der Waals surface area contributed by atoms with Gasteiger partial charge in [-0.3, -0.25) is 4.68 Å². The molecule has 6 nitrogen and oxygen atoms in total. The van der Waals surface area contributed by atoms with E-state index in [0.29, 0.717) is 12.1 Å². The Labute approximate surface area is 106 Å². The molecule has 2 rings (SSSR count). The molecule has 1 aliphatic rings. The molecule has 2 heterocycles. The molecule has 1 fully saturated rings. The van der Waals surface area contributed by atoms with Crippen molar-refractivity contribution in [2.75, 3.05) is 5.75 Å². The number of aromatic nitrogens is 2. The van der Waals surface area contributed by atoms with Crippen LogP contribution in [0.5, 0.6) is 0 Å². The summed E-state index contributed by atoms with van der Waals surface area (Å²) in [5.41, 5.74) is 0.617. The number of carbonyl (C=O) groups is 1. The summed E-state index contributed by atoms with van der Waals surface area (Å²) in [7, 11) is -1.60. The Morgan fingerprint density at radius 2 is 2.17 bits per heavy atom. The van der Waals surface area contributed by atoms with Crippen molar-refractivity contribution in [3.63, 3.8) is 0 Å². The van der Waals surface area contributed by atoms with Crippen LogP contribution in [-0.2, 0) is 16.9 Å². The molecule has 0 aliphatic carbocycles. The van der Waals surface area contributed by atoms with E-state index in [4.69, 9.17) is 5.11 Å². The van der Waals surface area contributed by atoms with Gasteiger partial charge >= 0.3 is 5.97 Å². The lowest BCUT2D eigenvalue weighted by Crippen LogP contribution is -2.32. The van der Waals surface area contributed by atoms with Crippen molar-refractivity contribution < 1.29 is 18.3 Å². The van der Waals surface area contributed by atoms with Gasteiger partial charge in [0.2, 0.25) is 0 Å². The molecule has 0 radical (unpaired) electrons. The molecule has 1 aromatic heterocycles. The Bertz CT molecular complexity index is 601. The fraction of sp³-hybridized carbons (Fsp3) is 0.636. The largest absolute Gasteiger partial charge is 0.477 e. The van der Waals surface area contributed by atoms with Crippen molar-refractivity contribution in [2.24, 2.45) is 7.05 Å². The summed E-state index contributed by atoms with van der Waals surface area (Å²) in [6.45, 7) is 3.35. The first-order valence-electron chi connectivity index (χ1n) is 5.66. The maximum Gasteiger partial charge on any atom is 0.354 e. The Balaban J connectivity index is 2.46. The lowest BCUT2D eigenvalue weighted by molar-refractivity contribution is 0.0685. The first-order chi connectivity index (χ1) is 8.17. The molecular weight excluding hydrogens is 256 g/mol. The van der Waals surface area contributed by atoms with Gasteiger partial charge in [-0.2, -0.15) is 5.10 Å². The molecule has 1 atom stereocenters. The van der Waals surface area contributed by atoms with Crippen molar-refractivity contribution in [2.45, 2.75) is 30.9 Å². The average Bonchev–Trinajstić information content (AvgIpc) is 2.67. The summed E-state index contributed by atoms with van der Waals surface area (Å²) in [5, 5.41) is 13.1. The van der Waals surface area contributed by atoms with Crippen molar-refractivity contribution in [3.05, 3.63) is 17.5 Å². The van der Waals surface area contributed by atoms with Crippen LogP contribution < -0.4 is 0 Å². The van der Waals surface area contributed by atoms with E-state index in [0.717, 1.165) is 0 Å². The molecular formula is C11H16N2O4S. The highest BCUT2D eigenvalue weighted by atomic mass is 32.2. The number of nitrogens with zero attached hydrogens (tertiary/aromatic N) is 2. The minimum atomic E-state index is -3.14. The van der Waals surface area contributed by atoms with Gasteiger partial charge in [0.15, 0.2) is 9.84 Å². The summed E-state index contributed by atoms with van der Waals surface area (Å²) in [6, 6.07) is 1.47. The monoisotopic (exact) mass is 272 g/mol. The quantitative estimate of drug-likeness (QED) is 0.860. The summed E-state index contributed by atoms with van der Waals surface area (Å²) in [6.07, 6.45) is 0.491. The first kappa shape index (κ1) is 13.1. The van der Waals surface area contributed by atoms with Crippen LogP contribution in [0, 0.1) is 0 Å². The van der Waals surface area contributed by atoms with E-state index >= 15 is 0 Å². The van der Waals surface area contributed by atoms with Gasteiger partial charge in [0.05, 0.1) is 16.2 Å². The van der Waals surface area contributed by atoms with E-state index in [1.165, 1.54) is 10.7 Å². The van der Waals surface area contributed by atoms with Gasteiger partial charge in [-0.05, 0) is 26.3 Å². The zero-order chi connectivity index (χ0) is 13.7. The van der Waals surface area contributed by atoms with Crippen LogP contribution in [0.2, 0.25) is 0 Å². The topological polar surface area (TPSA) is 89.3 Å². The minimum Gasteiger partial charge on any atom is -0.477 e. The third kappa shape index (κ3) is 1.73. The van der Waals surface area contributed by atoms with Crippen LogP contribution in [0.25, 0.3) is 0 Å². The van der Waals surface area contributed by atoms with E-state index in [-0.39, 0.29) is 17.4 Å². The molecule has 0 amide bonds. The third-order valence-corrected chi connectivity index (χ3v) is 6.45. The van der Waals surface area contributed by atoms with Gasteiger partial charge in [0, 0.05) is 13.0 Å². The maximum absolute atomic E-state index is 11.9. The number of sulfone groups is 1. The maximum atomic E-state index is 11.9. The smallest absolute Gasteiger partial charge is 0.354 e. The number of carboxylic acids is 1. The molecule has 0 spiro atoms. The van der Waals surface area contributed by atoms with Gasteiger partial charge in [-0.15, -0.1) is 0 Å². The number of hydrogen-bond donors (Lipinski definition) is 1. The van der Waals surface area contributed by atoms with Crippen LogP contribution in [0.15, 0.2) is 6.07 Å². The Hall–Kier alpha value is -1.37. The average molecular weight is 272 g/mol. The Morgan fingerprint density at radius 3 is 2.56 bits per heavy atom. The number of aromatic carboxylic acids is 1. The van der Waals surface area contributed by atoms with Crippen molar-refractivity contribution in [1.29, 1.82) is 0 Å². The van der Waals surface area contributed by atoms with E-state index in [9.17, 15) is 13.2 Å². The summed E-state index contributed by atoms with van der Waals surface area (Å²) < 4.78 is 24.3. The van der Waals surface area contributed by atoms with Crippen LogP contribution in [0.3, 0.4) is 0 Å². The third-order valence-electron chi connectivity index (χ3n) is 3.79. The molecule has 1 saturated heterocycles. The zero-order valence-corrected chi connectivity index (χ0v) is 11.4. The lowest BCUT2D eigenvalue weighted by atomic mass is 9.90. The van der Waals surface area contributed by atoms with E-state index in [2.05, 4.69) is 5.10 Å². The first-order valence-corrected chi connectivity index (χ1v) is 7.31. The van der Waals surface area contributed by atoms with Crippen molar-refractivity contribution >= 4 is 15.8 Å². The Morgan fingerprint density at radius 1 is 1.56 bits per heavy atom. The fourth-order valence-corrected chi connectivity index (χ4v) is 4.21. The molecule has 1 aliphatic heterocycles. The van der Waals surface area contributed by atoms with Crippen molar-refractivity contribution in [1.82, 2.24) is 9.78 Å². The summed E-state index contributed by atoms with van der Waals surface area (Å²) >= 11 is 0. The Kier molecular flexibility index (Phi) is 2.77. The highest BCUT2D eigenvalue weighted by molar-refractivity contribution is 7.93. The predicted octanol–water partition coefficient (Wildman–Crippen LogP) is 0.799. The molecule has 1 unspecified atom stereocenters. The van der Waals surface area contributed by atoms with Crippen LogP contribution in [0.1, 0.15) is 42.4 Å². The molecule has 0 aromatic carbocycles. The normalized spacial score (nSPS) is 25.2. The van der Waals surface area contributed by atoms with E-state index in [1.807, 2.05) is 0 Å². The highest BCUT2D eigenvalue weighted by Crippen LogP contribution is 2.43. The van der Waals surface area contributed by atoms with E-state index in [1.54, 1.807) is 20.9 Å². The fourth-order valence-electron chi connectivity index (χ4n) is 2.46. The molecule has 18 heavy (non-hydrogen) atoms. The molecule has 1 N–H and O–H groups in total. The predicted molar refractivity (Wildman–Crippen MR) is 65.4 cm³/mol. The minimum absolute atomic E-state index is 0.0742. The molecule has 0 saturated carbocycles. The lowest BCUT2D eigenvalue weighted by Gasteiger charge is -2.23. The van der Waals surface area contributed by atoms with Gasteiger partial charge < -0.3 is 5.11 Å². The van der Waals surface area contributed by atoms with Gasteiger partial charge in [-0.25, -0.2) is 13.2 Å². The molecule has 0 bridgehead atoms. The zero-order valence-electron chi connectivity index (χ0n) is 10.5. The SMILES string of the molecule is Cn1nc(C2CCS(=O)(=O)C2(C)C)cc1C(=O)O. The van der Waals surface area contributed by atoms with Gasteiger partial charge in [0.25, 0.3) is 0 Å². The van der Waals surface area contributed by atoms with Crippen LogP contribution in [-0.4, -0.2) is 39.8 Å². The molecule has 100 valence electrons. The number of carboxylic acid groups (broad SMARTS) is 1. The number of aryl methyl sites for hydroxylation is 1. The molecule has 7 heteroatoms. The number of hydrogen-bond acceptors (Lipinski definition) is 4. The number of rotatable bonds is 2. The van der Waals surface area contributed by atoms with Crippen molar-refractivity contribution in [3.8, 4) is 0 Å². The van der Waals surface area contributed by atoms with E-state index < -0.39 is 20.6 Å².